The lowest BCUT2D eigenvalue weighted by molar-refractivity contribution is 0.0287. The minimum atomic E-state index is -0.228. The molecule has 0 aromatic heterocycles. The molecule has 4 nitrogen and oxygen atoms in total. The van der Waals surface area contributed by atoms with E-state index in [-0.39, 0.29) is 12.0 Å². The Balaban J connectivity index is 2.16. The van der Waals surface area contributed by atoms with Crippen LogP contribution in [0.4, 0.5) is 0 Å². The number of hydrogen-bond acceptors (Lipinski definition) is 4. The van der Waals surface area contributed by atoms with Crippen LogP contribution in [0.2, 0.25) is 0 Å². The normalized spacial score (nSPS) is 23.0. The summed E-state index contributed by atoms with van der Waals surface area (Å²) in [4.78, 5) is 2.40. The Morgan fingerprint density at radius 3 is 2.81 bits per heavy atom. The Morgan fingerprint density at radius 1 is 1.33 bits per heavy atom. The van der Waals surface area contributed by atoms with E-state index in [9.17, 15) is 5.11 Å². The number of piperidine rings is 1. The molecule has 1 aliphatic heterocycles. The second-order valence-corrected chi connectivity index (χ2v) is 5.59. The monoisotopic (exact) mass is 293 g/mol. The Labute approximate surface area is 127 Å². The molecule has 4 heteroatoms. The zero-order chi connectivity index (χ0) is 15.2. The van der Waals surface area contributed by atoms with Crippen LogP contribution in [0.1, 0.15) is 25.8 Å². The number of methoxy groups -OCH3 is 1. The third kappa shape index (κ3) is 3.89. The summed E-state index contributed by atoms with van der Waals surface area (Å²) < 4.78 is 11.2. The quantitative estimate of drug-likeness (QED) is 0.874. The maximum absolute atomic E-state index is 10.3. The van der Waals surface area contributed by atoms with Crippen LogP contribution in [0.25, 0.3) is 0 Å². The van der Waals surface area contributed by atoms with Gasteiger partial charge in [0.15, 0.2) is 11.5 Å². The summed E-state index contributed by atoms with van der Waals surface area (Å²) in [6.45, 7) is 7.74. The molecular formula is C17H27NO3. The van der Waals surface area contributed by atoms with Gasteiger partial charge in [-0.1, -0.05) is 19.1 Å². The first-order valence-electron chi connectivity index (χ1n) is 7.88. The fourth-order valence-corrected chi connectivity index (χ4v) is 3.09. The van der Waals surface area contributed by atoms with Crippen LogP contribution in [0.3, 0.4) is 0 Å². The standard InChI is InChI=1S/C17H27NO3/c1-4-18-10-9-15(19)14(12-18)11-13-7-6-8-16(21-5-2)17(13)20-3/h6-8,14-15,19H,4-5,9-12H2,1-3H3. The molecule has 1 aliphatic rings. The number of nitrogens with zero attached hydrogens (tertiary/aromatic N) is 1. The molecule has 0 saturated carbocycles. The molecule has 1 saturated heterocycles. The molecule has 1 heterocycles. The third-order valence-electron chi connectivity index (χ3n) is 4.27. The summed E-state index contributed by atoms with van der Waals surface area (Å²) in [7, 11) is 1.68. The Hall–Kier alpha value is -1.26. The summed E-state index contributed by atoms with van der Waals surface area (Å²) in [5.74, 6) is 1.85. The second kappa shape index (κ2) is 7.66. The smallest absolute Gasteiger partial charge is 0.163 e. The average molecular weight is 293 g/mol. The van der Waals surface area contributed by atoms with Gasteiger partial charge in [0.1, 0.15) is 0 Å². The van der Waals surface area contributed by atoms with Crippen molar-refractivity contribution in [3.05, 3.63) is 23.8 Å². The van der Waals surface area contributed by atoms with E-state index in [1.54, 1.807) is 7.11 Å². The number of aliphatic hydroxyl groups is 1. The zero-order valence-corrected chi connectivity index (χ0v) is 13.3. The van der Waals surface area contributed by atoms with Gasteiger partial charge in [-0.05, 0) is 37.9 Å². The molecule has 0 spiro atoms. The number of benzene rings is 1. The summed E-state index contributed by atoms with van der Waals surface area (Å²) >= 11 is 0. The van der Waals surface area contributed by atoms with Crippen LogP contribution in [-0.4, -0.2) is 49.5 Å². The van der Waals surface area contributed by atoms with Gasteiger partial charge >= 0.3 is 0 Å². The highest BCUT2D eigenvalue weighted by Crippen LogP contribution is 2.34. The Kier molecular flexibility index (Phi) is 5.88. The van der Waals surface area contributed by atoms with Gasteiger partial charge in [0.05, 0.1) is 19.8 Å². The summed E-state index contributed by atoms with van der Waals surface area (Å²) in [5.41, 5.74) is 1.12. The number of aliphatic hydroxyl groups excluding tert-OH is 1. The maximum atomic E-state index is 10.3. The second-order valence-electron chi connectivity index (χ2n) is 5.59. The van der Waals surface area contributed by atoms with Crippen LogP contribution in [0.5, 0.6) is 11.5 Å². The van der Waals surface area contributed by atoms with Gasteiger partial charge in [0.25, 0.3) is 0 Å². The first kappa shape index (κ1) is 16.1. The average Bonchev–Trinajstić information content (AvgIpc) is 2.50. The lowest BCUT2D eigenvalue weighted by Gasteiger charge is -2.35. The molecule has 0 radical (unpaired) electrons. The molecule has 1 aromatic rings. The Morgan fingerprint density at radius 2 is 2.14 bits per heavy atom. The number of hydrogen-bond donors (Lipinski definition) is 1. The molecule has 1 N–H and O–H groups in total. The van der Waals surface area contributed by atoms with Crippen molar-refractivity contribution in [2.75, 3.05) is 33.4 Å². The van der Waals surface area contributed by atoms with Gasteiger partial charge in [-0.2, -0.15) is 0 Å². The fourth-order valence-electron chi connectivity index (χ4n) is 3.09. The van der Waals surface area contributed by atoms with Crippen molar-refractivity contribution >= 4 is 0 Å². The number of rotatable bonds is 6. The van der Waals surface area contributed by atoms with E-state index in [0.717, 1.165) is 49.5 Å². The highest BCUT2D eigenvalue weighted by atomic mass is 16.5. The highest BCUT2D eigenvalue weighted by Gasteiger charge is 2.28. The van der Waals surface area contributed by atoms with Gasteiger partial charge in [-0.3, -0.25) is 0 Å². The van der Waals surface area contributed by atoms with Gasteiger partial charge in [0, 0.05) is 19.0 Å². The summed E-state index contributed by atoms with van der Waals surface area (Å²) in [5, 5.41) is 10.3. The molecule has 1 fully saturated rings. The van der Waals surface area contributed by atoms with Crippen LogP contribution >= 0.6 is 0 Å². The van der Waals surface area contributed by atoms with Crippen molar-refractivity contribution in [2.24, 2.45) is 5.92 Å². The molecule has 0 amide bonds. The molecule has 21 heavy (non-hydrogen) atoms. The molecule has 2 atom stereocenters. The van der Waals surface area contributed by atoms with Crippen molar-refractivity contribution < 1.29 is 14.6 Å². The van der Waals surface area contributed by atoms with Crippen molar-refractivity contribution in [1.82, 2.24) is 4.90 Å². The first-order valence-corrected chi connectivity index (χ1v) is 7.88. The molecule has 2 rings (SSSR count). The summed E-state index contributed by atoms with van der Waals surface area (Å²) in [6, 6.07) is 6.00. The lowest BCUT2D eigenvalue weighted by Crippen LogP contribution is -2.43. The largest absolute Gasteiger partial charge is 0.493 e. The SMILES string of the molecule is CCOc1cccc(CC2CN(CC)CCC2O)c1OC. The molecular weight excluding hydrogens is 266 g/mol. The van der Waals surface area contributed by atoms with Crippen molar-refractivity contribution in [3.63, 3.8) is 0 Å². The number of likely N-dealkylation sites (tertiary alicyclic amines) is 1. The topological polar surface area (TPSA) is 41.9 Å². The van der Waals surface area contributed by atoms with Crippen molar-refractivity contribution in [1.29, 1.82) is 0 Å². The van der Waals surface area contributed by atoms with Gasteiger partial charge in [-0.15, -0.1) is 0 Å². The first-order chi connectivity index (χ1) is 10.2. The van der Waals surface area contributed by atoms with Gasteiger partial charge in [-0.25, -0.2) is 0 Å². The van der Waals surface area contributed by atoms with Crippen LogP contribution in [0, 0.1) is 5.92 Å². The van der Waals surface area contributed by atoms with Crippen molar-refractivity contribution in [2.45, 2.75) is 32.8 Å². The molecule has 1 aromatic carbocycles. The van der Waals surface area contributed by atoms with Crippen LogP contribution in [0.15, 0.2) is 18.2 Å². The molecule has 2 unspecified atom stereocenters. The van der Waals surface area contributed by atoms with E-state index in [0.29, 0.717) is 6.61 Å². The molecule has 0 aliphatic carbocycles. The van der Waals surface area contributed by atoms with E-state index in [1.807, 2.05) is 19.1 Å². The lowest BCUT2D eigenvalue weighted by atomic mass is 9.88. The van der Waals surface area contributed by atoms with E-state index < -0.39 is 0 Å². The zero-order valence-electron chi connectivity index (χ0n) is 13.3. The van der Waals surface area contributed by atoms with E-state index in [1.165, 1.54) is 0 Å². The minimum absolute atomic E-state index is 0.228. The highest BCUT2D eigenvalue weighted by molar-refractivity contribution is 5.46. The van der Waals surface area contributed by atoms with Gasteiger partial charge in [0.2, 0.25) is 0 Å². The van der Waals surface area contributed by atoms with E-state index in [2.05, 4.69) is 17.9 Å². The van der Waals surface area contributed by atoms with Gasteiger partial charge < -0.3 is 19.5 Å². The van der Waals surface area contributed by atoms with Crippen LogP contribution in [-0.2, 0) is 6.42 Å². The van der Waals surface area contributed by atoms with E-state index in [4.69, 9.17) is 9.47 Å². The van der Waals surface area contributed by atoms with Crippen molar-refractivity contribution in [3.8, 4) is 11.5 Å². The Bertz CT molecular complexity index is 450. The van der Waals surface area contributed by atoms with E-state index >= 15 is 0 Å². The predicted molar refractivity (Wildman–Crippen MR) is 84.1 cm³/mol. The minimum Gasteiger partial charge on any atom is -0.493 e. The van der Waals surface area contributed by atoms with Crippen LogP contribution < -0.4 is 9.47 Å². The third-order valence-corrected chi connectivity index (χ3v) is 4.27. The number of ether oxygens (including phenoxy) is 2. The molecule has 0 bridgehead atoms. The summed E-state index contributed by atoms with van der Waals surface area (Å²) in [6.07, 6.45) is 1.45. The predicted octanol–water partition coefficient (Wildman–Crippen LogP) is 2.34. The maximum Gasteiger partial charge on any atom is 0.163 e. The number of para-hydroxylation sites is 1. The molecule has 118 valence electrons. The fraction of sp³-hybridized carbons (Fsp3) is 0.647.